The number of nitrogens with zero attached hydrogens (tertiary/aromatic N) is 2. The van der Waals surface area contributed by atoms with Gasteiger partial charge in [0.1, 0.15) is 5.56 Å². The van der Waals surface area contributed by atoms with Gasteiger partial charge in [0.2, 0.25) is 0 Å². The minimum Gasteiger partial charge on any atom is -0.393 e. The number of hydrogen-bond donors (Lipinski definition) is 1. The van der Waals surface area contributed by atoms with Crippen LogP contribution in [0.15, 0.2) is 47.4 Å². The summed E-state index contributed by atoms with van der Waals surface area (Å²) in [5.41, 5.74) is 1.80. The summed E-state index contributed by atoms with van der Waals surface area (Å²) in [6.45, 7) is 3.81. The van der Waals surface area contributed by atoms with Crippen LogP contribution in [-0.2, 0) is 0 Å². The van der Waals surface area contributed by atoms with E-state index in [9.17, 15) is 14.7 Å². The molecule has 0 aliphatic carbocycles. The van der Waals surface area contributed by atoms with E-state index in [0.717, 1.165) is 30.4 Å². The van der Waals surface area contributed by atoms with Crippen molar-refractivity contribution in [1.29, 1.82) is 0 Å². The van der Waals surface area contributed by atoms with Gasteiger partial charge in [-0.1, -0.05) is 30.3 Å². The van der Waals surface area contributed by atoms with E-state index in [0.29, 0.717) is 12.8 Å². The van der Waals surface area contributed by atoms with Crippen molar-refractivity contribution in [2.45, 2.75) is 70.2 Å². The molecule has 2 aliphatic heterocycles. The van der Waals surface area contributed by atoms with E-state index in [4.69, 9.17) is 0 Å². The second kappa shape index (κ2) is 7.55. The van der Waals surface area contributed by atoms with Crippen LogP contribution in [0.2, 0.25) is 0 Å². The highest BCUT2D eigenvalue weighted by Gasteiger charge is 2.41. The van der Waals surface area contributed by atoms with Gasteiger partial charge in [0.15, 0.2) is 0 Å². The number of fused-ring (bicyclic) bond motifs is 2. The monoisotopic (exact) mass is 380 g/mol. The molecule has 4 atom stereocenters. The highest BCUT2D eigenvalue weighted by molar-refractivity contribution is 5.95. The van der Waals surface area contributed by atoms with Crippen LogP contribution in [0.4, 0.5) is 0 Å². The zero-order valence-electron chi connectivity index (χ0n) is 16.5. The summed E-state index contributed by atoms with van der Waals surface area (Å²) < 4.78 is 1.66. The van der Waals surface area contributed by atoms with Crippen molar-refractivity contribution in [3.63, 3.8) is 0 Å². The molecule has 1 N–H and O–H groups in total. The minimum atomic E-state index is -0.342. The molecule has 3 heterocycles. The fourth-order valence-corrected chi connectivity index (χ4v) is 4.91. The van der Waals surface area contributed by atoms with Crippen LogP contribution in [0.3, 0.4) is 0 Å². The van der Waals surface area contributed by atoms with E-state index < -0.39 is 0 Å². The van der Waals surface area contributed by atoms with Gasteiger partial charge in [0, 0.05) is 18.3 Å². The van der Waals surface area contributed by atoms with Crippen molar-refractivity contribution < 1.29 is 9.90 Å². The zero-order valence-corrected chi connectivity index (χ0v) is 16.5. The van der Waals surface area contributed by atoms with E-state index in [-0.39, 0.29) is 41.3 Å². The fraction of sp³-hybridized carbons (Fsp3) is 0.478. The lowest BCUT2D eigenvalue weighted by Crippen LogP contribution is -2.56. The average molecular weight is 380 g/mol. The third-order valence-corrected chi connectivity index (χ3v) is 6.43. The molecule has 2 fully saturated rings. The lowest BCUT2D eigenvalue weighted by molar-refractivity contribution is -0.0152. The number of aliphatic hydroxyl groups is 1. The number of rotatable bonds is 3. The Morgan fingerprint density at radius 1 is 1.11 bits per heavy atom. The molecule has 2 aromatic rings. The summed E-state index contributed by atoms with van der Waals surface area (Å²) in [5, 5.41) is 10.1. The minimum absolute atomic E-state index is 0.0361. The number of hydrogen-bond acceptors (Lipinski definition) is 3. The number of aliphatic hydroxyl groups excluding tert-OH is 1. The second-order valence-corrected chi connectivity index (χ2v) is 8.25. The van der Waals surface area contributed by atoms with Crippen LogP contribution in [-0.4, -0.2) is 38.7 Å². The Bertz CT molecular complexity index is 907. The molecule has 1 amide bonds. The largest absolute Gasteiger partial charge is 0.393 e. The topological polar surface area (TPSA) is 62.5 Å². The van der Waals surface area contributed by atoms with Gasteiger partial charge in [-0.3, -0.25) is 9.59 Å². The number of aromatic nitrogens is 1. The summed E-state index contributed by atoms with van der Waals surface area (Å²) in [6.07, 6.45) is 5.55. The predicted molar refractivity (Wildman–Crippen MR) is 109 cm³/mol. The molecule has 1 aromatic heterocycles. The molecule has 0 spiro atoms. The maximum Gasteiger partial charge on any atom is 0.264 e. The summed E-state index contributed by atoms with van der Waals surface area (Å²) in [6, 6.07) is 11.6. The smallest absolute Gasteiger partial charge is 0.264 e. The number of aryl methyl sites for hydroxylation is 1. The normalized spacial score (nSPS) is 25.4. The van der Waals surface area contributed by atoms with Gasteiger partial charge in [-0.25, -0.2) is 0 Å². The molecule has 5 heteroatoms. The lowest BCUT2D eigenvalue weighted by atomic mass is 9.82. The highest BCUT2D eigenvalue weighted by Crippen LogP contribution is 2.35. The summed E-state index contributed by atoms with van der Waals surface area (Å²) in [7, 11) is 0. The summed E-state index contributed by atoms with van der Waals surface area (Å²) >= 11 is 0. The number of carbonyl (C=O) groups excluding carboxylic acids is 1. The van der Waals surface area contributed by atoms with Crippen LogP contribution in [0.5, 0.6) is 0 Å². The zero-order chi connectivity index (χ0) is 19.8. The Hall–Kier alpha value is -2.40. The van der Waals surface area contributed by atoms with Crippen molar-refractivity contribution >= 4 is 5.91 Å². The Morgan fingerprint density at radius 3 is 2.39 bits per heavy atom. The van der Waals surface area contributed by atoms with Crippen molar-refractivity contribution in [2.24, 2.45) is 0 Å². The highest BCUT2D eigenvalue weighted by atomic mass is 16.3. The van der Waals surface area contributed by atoms with Gasteiger partial charge in [0.05, 0.1) is 12.1 Å². The first-order valence-corrected chi connectivity index (χ1v) is 10.2. The van der Waals surface area contributed by atoms with Crippen molar-refractivity contribution in [3.05, 3.63) is 69.6 Å². The molecule has 0 saturated carbocycles. The molecular formula is C23H28N2O3. The molecule has 1 aromatic carbocycles. The maximum absolute atomic E-state index is 13.5. The van der Waals surface area contributed by atoms with Crippen LogP contribution < -0.4 is 5.56 Å². The molecular weight excluding hydrogens is 352 g/mol. The molecule has 148 valence electrons. The van der Waals surface area contributed by atoms with Crippen LogP contribution in [0, 0.1) is 6.92 Å². The first-order chi connectivity index (χ1) is 13.5. The van der Waals surface area contributed by atoms with E-state index in [1.165, 1.54) is 0 Å². The molecule has 5 nitrogen and oxygen atoms in total. The molecule has 0 radical (unpaired) electrons. The van der Waals surface area contributed by atoms with Gasteiger partial charge in [-0.2, -0.15) is 0 Å². The summed E-state index contributed by atoms with van der Waals surface area (Å²) in [5.74, 6) is -0.168. The quantitative estimate of drug-likeness (QED) is 0.889. The fourth-order valence-electron chi connectivity index (χ4n) is 4.91. The third-order valence-electron chi connectivity index (χ3n) is 6.43. The number of pyridine rings is 1. The Kier molecular flexibility index (Phi) is 5.11. The van der Waals surface area contributed by atoms with Gasteiger partial charge in [-0.05, 0) is 63.1 Å². The molecule has 28 heavy (non-hydrogen) atoms. The molecule has 4 rings (SSSR count). The van der Waals surface area contributed by atoms with Gasteiger partial charge < -0.3 is 14.6 Å². The number of benzene rings is 1. The van der Waals surface area contributed by atoms with E-state index >= 15 is 0 Å². The molecule has 2 saturated heterocycles. The van der Waals surface area contributed by atoms with Crippen LogP contribution in [0.25, 0.3) is 0 Å². The maximum atomic E-state index is 13.5. The Labute approximate surface area is 165 Å². The van der Waals surface area contributed by atoms with Gasteiger partial charge in [0.25, 0.3) is 11.5 Å². The Morgan fingerprint density at radius 2 is 1.75 bits per heavy atom. The number of carbonyl (C=O) groups is 1. The average Bonchev–Trinajstić information content (AvgIpc) is 2.67. The third kappa shape index (κ3) is 3.28. The van der Waals surface area contributed by atoms with Gasteiger partial charge in [-0.15, -0.1) is 0 Å². The van der Waals surface area contributed by atoms with Crippen molar-refractivity contribution in [1.82, 2.24) is 9.47 Å². The lowest BCUT2D eigenvalue weighted by Gasteiger charge is -2.47. The van der Waals surface area contributed by atoms with Crippen LogP contribution >= 0.6 is 0 Å². The van der Waals surface area contributed by atoms with Gasteiger partial charge >= 0.3 is 0 Å². The number of piperidine rings is 2. The first-order valence-electron chi connectivity index (χ1n) is 10.2. The predicted octanol–water partition coefficient (Wildman–Crippen LogP) is 3.28. The standard InChI is InChI=1S/C23H28N2O3/c1-15-11-12-24(16(2)17-7-4-3-5-8-17)22(27)21(15)23(28)25-18-9-6-10-19(25)14-20(26)13-18/h3-5,7-8,11-12,16,18-20,26H,6,9-10,13-14H2,1-2H3/t16?,18-,19+,20?. The van der Waals surface area contributed by atoms with Crippen molar-refractivity contribution in [2.75, 3.05) is 0 Å². The van der Waals surface area contributed by atoms with E-state index in [1.807, 2.05) is 55.1 Å². The van der Waals surface area contributed by atoms with Crippen LogP contribution in [0.1, 0.15) is 66.6 Å². The SMILES string of the molecule is Cc1ccn(C(C)c2ccccc2)c(=O)c1C(=O)N1[C@@H]2CCC[C@H]1CC(O)C2. The van der Waals surface area contributed by atoms with Crippen molar-refractivity contribution in [3.8, 4) is 0 Å². The number of amides is 1. The Balaban J connectivity index is 1.72. The molecule has 2 aliphatic rings. The molecule has 2 bridgehead atoms. The first kappa shape index (κ1) is 18.9. The molecule has 2 unspecified atom stereocenters. The second-order valence-electron chi connectivity index (χ2n) is 8.25. The summed E-state index contributed by atoms with van der Waals surface area (Å²) in [4.78, 5) is 28.7. The van der Waals surface area contributed by atoms with E-state index in [1.54, 1.807) is 10.8 Å². The van der Waals surface area contributed by atoms with E-state index in [2.05, 4.69) is 0 Å².